The number of carbonyl (C=O) groups is 1. The van der Waals surface area contributed by atoms with E-state index in [1.165, 1.54) is 0 Å². The third-order valence-electron chi connectivity index (χ3n) is 2.67. The van der Waals surface area contributed by atoms with E-state index in [9.17, 15) is 18.0 Å². The first kappa shape index (κ1) is 15.0. The normalized spacial score (nSPS) is 11.4. The summed E-state index contributed by atoms with van der Waals surface area (Å²) in [4.78, 5) is 11.7. The van der Waals surface area contributed by atoms with E-state index in [-0.39, 0.29) is 12.1 Å². The Morgan fingerprint density at radius 1 is 1.24 bits per heavy atom. The summed E-state index contributed by atoms with van der Waals surface area (Å²) in [5.74, 6) is 0.360. The molecule has 0 bridgehead atoms. The van der Waals surface area contributed by atoms with Gasteiger partial charge in [0.1, 0.15) is 0 Å². The molecule has 1 heterocycles. The Bertz CT molecular complexity index is 620. The Kier molecular flexibility index (Phi) is 4.25. The van der Waals surface area contributed by atoms with Gasteiger partial charge in [-0.15, -0.1) is 10.2 Å². The predicted molar refractivity (Wildman–Crippen MR) is 66.5 cm³/mol. The van der Waals surface area contributed by atoms with Crippen molar-refractivity contribution in [3.63, 3.8) is 0 Å². The van der Waals surface area contributed by atoms with E-state index < -0.39 is 17.6 Å². The summed E-state index contributed by atoms with van der Waals surface area (Å²) >= 11 is 0. The molecule has 0 aliphatic carbocycles. The summed E-state index contributed by atoms with van der Waals surface area (Å²) in [6.45, 7) is 1.90. The molecular weight excluding hydrogens is 287 g/mol. The Labute approximate surface area is 118 Å². The first-order chi connectivity index (χ1) is 9.86. The molecule has 0 radical (unpaired) electrons. The molecule has 1 N–H and O–H groups in total. The minimum atomic E-state index is -4.41. The third kappa shape index (κ3) is 4.04. The molecule has 0 aliphatic heterocycles. The molecule has 2 rings (SSSR count). The van der Waals surface area contributed by atoms with Crippen LogP contribution in [0.15, 0.2) is 28.7 Å². The Morgan fingerprint density at radius 3 is 2.43 bits per heavy atom. The quantitative estimate of drug-likeness (QED) is 0.941. The molecule has 1 aromatic carbocycles. The molecule has 21 heavy (non-hydrogen) atoms. The second kappa shape index (κ2) is 5.94. The Morgan fingerprint density at radius 2 is 1.90 bits per heavy atom. The lowest BCUT2D eigenvalue weighted by molar-refractivity contribution is -0.137. The van der Waals surface area contributed by atoms with Gasteiger partial charge in [0.2, 0.25) is 11.8 Å². The molecule has 112 valence electrons. The van der Waals surface area contributed by atoms with Crippen LogP contribution in [0.2, 0.25) is 0 Å². The summed E-state index contributed by atoms with van der Waals surface area (Å²) in [6, 6.07) is 4.01. The van der Waals surface area contributed by atoms with Crippen molar-refractivity contribution in [3.8, 4) is 0 Å². The zero-order chi connectivity index (χ0) is 15.5. The number of halogens is 3. The number of carbonyl (C=O) groups excluding carboxylic acids is 1. The SMILES string of the molecule is Cc1nnc(CCNC(=O)c2ccc(C(F)(F)F)cc2)o1. The van der Waals surface area contributed by atoms with Gasteiger partial charge in [0.25, 0.3) is 5.91 Å². The van der Waals surface area contributed by atoms with Gasteiger partial charge in [0.05, 0.1) is 5.56 Å². The van der Waals surface area contributed by atoms with Crippen LogP contribution in [-0.2, 0) is 12.6 Å². The molecule has 0 saturated carbocycles. The van der Waals surface area contributed by atoms with Crippen molar-refractivity contribution in [1.29, 1.82) is 0 Å². The lowest BCUT2D eigenvalue weighted by atomic mass is 10.1. The van der Waals surface area contributed by atoms with Crippen molar-refractivity contribution in [2.45, 2.75) is 19.5 Å². The van der Waals surface area contributed by atoms with Crippen molar-refractivity contribution in [1.82, 2.24) is 15.5 Å². The number of nitrogens with zero attached hydrogens (tertiary/aromatic N) is 2. The second-order valence-electron chi connectivity index (χ2n) is 4.30. The highest BCUT2D eigenvalue weighted by Crippen LogP contribution is 2.28. The average molecular weight is 299 g/mol. The molecule has 1 amide bonds. The van der Waals surface area contributed by atoms with Gasteiger partial charge in [0.15, 0.2) is 0 Å². The molecule has 0 spiro atoms. The first-order valence-corrected chi connectivity index (χ1v) is 6.11. The summed E-state index contributed by atoms with van der Waals surface area (Å²) < 4.78 is 42.3. The lowest BCUT2D eigenvalue weighted by Crippen LogP contribution is -2.25. The summed E-state index contributed by atoms with van der Waals surface area (Å²) in [7, 11) is 0. The molecule has 0 aliphatic rings. The number of aromatic nitrogens is 2. The second-order valence-corrected chi connectivity index (χ2v) is 4.30. The molecule has 8 heteroatoms. The van der Waals surface area contributed by atoms with Gasteiger partial charge in [-0.05, 0) is 24.3 Å². The monoisotopic (exact) mass is 299 g/mol. The van der Waals surface area contributed by atoms with Gasteiger partial charge in [-0.2, -0.15) is 13.2 Å². The maximum absolute atomic E-state index is 12.4. The van der Waals surface area contributed by atoms with Crippen molar-refractivity contribution in [3.05, 3.63) is 47.2 Å². The molecule has 0 fully saturated rings. The van der Waals surface area contributed by atoms with Crippen molar-refractivity contribution < 1.29 is 22.4 Å². The zero-order valence-corrected chi connectivity index (χ0v) is 11.1. The van der Waals surface area contributed by atoms with Crippen molar-refractivity contribution in [2.75, 3.05) is 6.54 Å². The Balaban J connectivity index is 1.88. The third-order valence-corrected chi connectivity index (χ3v) is 2.67. The van der Waals surface area contributed by atoms with Crippen LogP contribution in [0.3, 0.4) is 0 Å². The van der Waals surface area contributed by atoms with Crippen LogP contribution in [-0.4, -0.2) is 22.6 Å². The molecule has 1 aromatic heterocycles. The fraction of sp³-hybridized carbons (Fsp3) is 0.308. The summed E-state index contributed by atoms with van der Waals surface area (Å²) in [5, 5.41) is 9.97. The van der Waals surface area contributed by atoms with Crippen LogP contribution in [0.1, 0.15) is 27.7 Å². The Hall–Kier alpha value is -2.38. The number of aryl methyl sites for hydroxylation is 1. The van der Waals surface area contributed by atoms with Crippen LogP contribution in [0, 0.1) is 6.92 Å². The minimum Gasteiger partial charge on any atom is -0.426 e. The van der Waals surface area contributed by atoms with Crippen molar-refractivity contribution >= 4 is 5.91 Å². The van der Waals surface area contributed by atoms with E-state index >= 15 is 0 Å². The highest BCUT2D eigenvalue weighted by molar-refractivity contribution is 5.94. The predicted octanol–water partition coefficient (Wildman–Crippen LogP) is 2.37. The molecule has 0 unspecified atom stereocenters. The highest BCUT2D eigenvalue weighted by Gasteiger charge is 2.30. The van der Waals surface area contributed by atoms with Crippen LogP contribution >= 0.6 is 0 Å². The van der Waals surface area contributed by atoms with E-state index in [0.717, 1.165) is 24.3 Å². The first-order valence-electron chi connectivity index (χ1n) is 6.11. The molecule has 2 aromatic rings. The maximum Gasteiger partial charge on any atom is 0.416 e. The zero-order valence-electron chi connectivity index (χ0n) is 11.1. The average Bonchev–Trinajstić information content (AvgIpc) is 2.83. The van der Waals surface area contributed by atoms with Gasteiger partial charge >= 0.3 is 6.18 Å². The van der Waals surface area contributed by atoms with Crippen LogP contribution < -0.4 is 5.32 Å². The highest BCUT2D eigenvalue weighted by atomic mass is 19.4. The number of hydrogen-bond donors (Lipinski definition) is 1. The summed E-state index contributed by atoms with van der Waals surface area (Å²) in [6.07, 6.45) is -4.06. The smallest absolute Gasteiger partial charge is 0.416 e. The van der Waals surface area contributed by atoms with E-state index in [4.69, 9.17) is 4.42 Å². The minimum absolute atomic E-state index is 0.157. The van der Waals surface area contributed by atoms with E-state index in [2.05, 4.69) is 15.5 Å². The fourth-order valence-corrected chi connectivity index (χ4v) is 1.63. The fourth-order valence-electron chi connectivity index (χ4n) is 1.63. The standard InChI is InChI=1S/C13H12F3N3O2/c1-8-18-19-11(21-8)6-7-17-12(20)9-2-4-10(5-3-9)13(14,15)16/h2-5H,6-7H2,1H3,(H,17,20). The van der Waals surface area contributed by atoms with E-state index in [0.29, 0.717) is 18.2 Å². The molecule has 5 nitrogen and oxygen atoms in total. The topological polar surface area (TPSA) is 68.0 Å². The van der Waals surface area contributed by atoms with E-state index in [1.54, 1.807) is 6.92 Å². The van der Waals surface area contributed by atoms with Crippen molar-refractivity contribution in [2.24, 2.45) is 0 Å². The number of alkyl halides is 3. The van der Waals surface area contributed by atoms with Crippen LogP contribution in [0.4, 0.5) is 13.2 Å². The number of nitrogens with one attached hydrogen (secondary N) is 1. The van der Waals surface area contributed by atoms with Gasteiger partial charge in [0, 0.05) is 25.5 Å². The molecular formula is C13H12F3N3O2. The molecule has 0 saturated heterocycles. The van der Waals surface area contributed by atoms with Gasteiger partial charge < -0.3 is 9.73 Å². The van der Waals surface area contributed by atoms with E-state index in [1.807, 2.05) is 0 Å². The molecule has 0 atom stereocenters. The van der Waals surface area contributed by atoms with Gasteiger partial charge in [-0.1, -0.05) is 0 Å². The number of amides is 1. The van der Waals surface area contributed by atoms with Crippen LogP contribution in [0.25, 0.3) is 0 Å². The lowest BCUT2D eigenvalue weighted by Gasteiger charge is -2.07. The maximum atomic E-state index is 12.4. The van der Waals surface area contributed by atoms with Crippen LogP contribution in [0.5, 0.6) is 0 Å². The number of hydrogen-bond acceptors (Lipinski definition) is 4. The summed E-state index contributed by atoms with van der Waals surface area (Å²) in [5.41, 5.74) is -0.634. The largest absolute Gasteiger partial charge is 0.426 e. The number of rotatable bonds is 4. The number of benzene rings is 1. The van der Waals surface area contributed by atoms with Gasteiger partial charge in [-0.3, -0.25) is 4.79 Å². The van der Waals surface area contributed by atoms with Gasteiger partial charge in [-0.25, -0.2) is 0 Å².